The molecule has 1 amide bonds. The number of carbonyl (C=O) groups excluding carboxylic acids is 2. The molecule has 1 atom stereocenters. The number of aromatic nitrogens is 2. The summed E-state index contributed by atoms with van der Waals surface area (Å²) >= 11 is 0. The first kappa shape index (κ1) is 21.3. The van der Waals surface area contributed by atoms with Gasteiger partial charge in [0.15, 0.2) is 0 Å². The topological polar surface area (TPSA) is 84.5 Å². The molecule has 2 aliphatic heterocycles. The average Bonchev–Trinajstić information content (AvgIpc) is 3.05. The summed E-state index contributed by atoms with van der Waals surface area (Å²) in [6, 6.07) is 7.98. The second kappa shape index (κ2) is 7.81. The van der Waals surface area contributed by atoms with Crippen molar-refractivity contribution in [3.05, 3.63) is 70.9 Å². The summed E-state index contributed by atoms with van der Waals surface area (Å²) in [5.74, 6) is -1.29. The number of aryl methyl sites for hydroxylation is 1. The van der Waals surface area contributed by atoms with Gasteiger partial charge in [0.2, 0.25) is 0 Å². The van der Waals surface area contributed by atoms with Crippen molar-refractivity contribution in [2.75, 3.05) is 13.2 Å². The predicted octanol–water partition coefficient (Wildman–Crippen LogP) is 4.07. The molecule has 3 aromatic rings. The van der Waals surface area contributed by atoms with Gasteiger partial charge in [-0.2, -0.15) is 0 Å². The van der Waals surface area contributed by atoms with Gasteiger partial charge in [-0.3, -0.25) is 4.79 Å². The third-order valence-corrected chi connectivity index (χ3v) is 6.12. The Bertz CT molecular complexity index is 1310. The van der Waals surface area contributed by atoms with Crippen molar-refractivity contribution < 1.29 is 23.5 Å². The van der Waals surface area contributed by atoms with Gasteiger partial charge >= 0.3 is 5.97 Å². The Labute approximate surface area is 190 Å². The van der Waals surface area contributed by atoms with Gasteiger partial charge in [0.05, 0.1) is 30.5 Å². The van der Waals surface area contributed by atoms with Crippen molar-refractivity contribution in [3.63, 3.8) is 0 Å². The minimum absolute atomic E-state index is 0.204. The van der Waals surface area contributed by atoms with E-state index in [1.807, 2.05) is 12.1 Å². The number of hydrogen-bond donors (Lipinski definition) is 1. The number of H-pyrrole nitrogens is 1. The van der Waals surface area contributed by atoms with Gasteiger partial charge in [-0.25, -0.2) is 14.2 Å². The number of nitrogens with one attached hydrogen (secondary N) is 1. The Balaban J connectivity index is 1.68. The number of aromatic amines is 1. The maximum Gasteiger partial charge on any atom is 0.342 e. The summed E-state index contributed by atoms with van der Waals surface area (Å²) in [7, 11) is 0. The van der Waals surface area contributed by atoms with Crippen molar-refractivity contribution in [3.8, 4) is 0 Å². The van der Waals surface area contributed by atoms with Crippen LogP contribution >= 0.6 is 0 Å². The molecule has 1 saturated heterocycles. The van der Waals surface area contributed by atoms with Crippen molar-refractivity contribution in [1.29, 1.82) is 0 Å². The number of carbonyl (C=O) groups is 2. The Morgan fingerprint density at radius 3 is 2.76 bits per heavy atom. The monoisotopic (exact) mass is 449 g/mol. The van der Waals surface area contributed by atoms with Crippen LogP contribution in [-0.4, -0.2) is 46.0 Å². The molecule has 33 heavy (non-hydrogen) atoms. The smallest absolute Gasteiger partial charge is 0.342 e. The minimum atomic E-state index is -0.794. The third kappa shape index (κ3) is 3.51. The van der Waals surface area contributed by atoms with Crippen LogP contribution in [0.1, 0.15) is 47.4 Å². The number of pyridine rings is 1. The first-order chi connectivity index (χ1) is 15.8. The van der Waals surface area contributed by atoms with Crippen molar-refractivity contribution in [1.82, 2.24) is 14.9 Å². The van der Waals surface area contributed by atoms with E-state index in [1.54, 1.807) is 27.0 Å². The summed E-state index contributed by atoms with van der Waals surface area (Å²) in [6.07, 6.45) is 3.52. The molecule has 2 aromatic heterocycles. The van der Waals surface area contributed by atoms with E-state index < -0.39 is 11.6 Å². The van der Waals surface area contributed by atoms with E-state index in [4.69, 9.17) is 9.47 Å². The molecule has 4 heterocycles. The number of esters is 1. The molecule has 0 bridgehead atoms. The lowest BCUT2D eigenvalue weighted by Crippen LogP contribution is -2.49. The van der Waals surface area contributed by atoms with Gasteiger partial charge in [-0.15, -0.1) is 0 Å². The van der Waals surface area contributed by atoms with E-state index in [-0.39, 0.29) is 29.9 Å². The highest BCUT2D eigenvalue weighted by Gasteiger charge is 2.48. The van der Waals surface area contributed by atoms with Gasteiger partial charge in [-0.05, 0) is 56.7 Å². The molecular formula is C25H24FN3O4. The first-order valence-electron chi connectivity index (χ1n) is 10.9. The normalized spacial score (nSPS) is 19.8. The van der Waals surface area contributed by atoms with Gasteiger partial charge < -0.3 is 19.4 Å². The maximum atomic E-state index is 13.8. The quantitative estimate of drug-likeness (QED) is 0.610. The number of halogens is 1. The molecule has 7 nitrogen and oxygen atoms in total. The lowest BCUT2D eigenvalue weighted by Gasteiger charge is -2.43. The van der Waals surface area contributed by atoms with Crippen LogP contribution in [0.5, 0.6) is 0 Å². The molecule has 0 saturated carbocycles. The van der Waals surface area contributed by atoms with Crippen LogP contribution in [0.25, 0.3) is 16.6 Å². The number of amides is 1. The zero-order valence-corrected chi connectivity index (χ0v) is 18.6. The number of rotatable bonds is 3. The van der Waals surface area contributed by atoms with E-state index in [2.05, 4.69) is 9.97 Å². The number of nitrogens with zero attached hydrogens (tertiary/aromatic N) is 2. The minimum Gasteiger partial charge on any atom is -0.459 e. The van der Waals surface area contributed by atoms with Crippen LogP contribution in [-0.2, 0) is 19.9 Å². The highest BCUT2D eigenvalue weighted by atomic mass is 19.1. The van der Waals surface area contributed by atoms with E-state index in [0.29, 0.717) is 35.5 Å². The molecule has 1 N–H and O–H groups in total. The van der Waals surface area contributed by atoms with Crippen LogP contribution in [0.15, 0.2) is 42.7 Å². The molecule has 1 unspecified atom stereocenters. The zero-order valence-electron chi connectivity index (χ0n) is 18.6. The average molecular weight is 449 g/mol. The standard InChI is InChI=1S/C25H24FN3O4/c1-14(2)33-24(31)18-12-29(23(30)16-6-7-19(26)15(3)11-16)13-25(8-10-32-25)20-17-5-4-9-27-22(17)28-21(18)20/h4-7,9,11-12,14H,8,10,13H2,1-3H3,(H,27,28). The summed E-state index contributed by atoms with van der Waals surface area (Å²) in [6.45, 7) is 5.88. The maximum absolute atomic E-state index is 13.8. The van der Waals surface area contributed by atoms with E-state index in [9.17, 15) is 14.0 Å². The molecule has 0 radical (unpaired) electrons. The number of benzene rings is 1. The molecule has 1 aromatic carbocycles. The van der Waals surface area contributed by atoms with E-state index in [0.717, 1.165) is 10.9 Å². The summed E-state index contributed by atoms with van der Waals surface area (Å²) in [5.41, 5.74) is 2.10. The first-order valence-corrected chi connectivity index (χ1v) is 10.9. The van der Waals surface area contributed by atoms with Gasteiger partial charge in [-0.1, -0.05) is 0 Å². The van der Waals surface area contributed by atoms with Crippen LogP contribution in [0, 0.1) is 12.7 Å². The van der Waals surface area contributed by atoms with Crippen LogP contribution in [0.2, 0.25) is 0 Å². The molecule has 170 valence electrons. The van der Waals surface area contributed by atoms with Crippen molar-refractivity contribution in [2.45, 2.75) is 38.9 Å². The number of fused-ring (bicyclic) bond motifs is 4. The fraction of sp³-hybridized carbons (Fsp3) is 0.320. The summed E-state index contributed by atoms with van der Waals surface area (Å²) in [4.78, 5) is 35.8. The molecule has 5 rings (SSSR count). The highest BCUT2D eigenvalue weighted by Crippen LogP contribution is 2.47. The van der Waals surface area contributed by atoms with Crippen molar-refractivity contribution in [2.24, 2.45) is 0 Å². The second-order valence-corrected chi connectivity index (χ2v) is 8.76. The molecule has 1 spiro atoms. The van der Waals surface area contributed by atoms with Gasteiger partial charge in [0, 0.05) is 35.3 Å². The van der Waals surface area contributed by atoms with Crippen LogP contribution in [0.4, 0.5) is 4.39 Å². The third-order valence-electron chi connectivity index (χ3n) is 6.12. The predicted molar refractivity (Wildman–Crippen MR) is 120 cm³/mol. The van der Waals surface area contributed by atoms with Crippen LogP contribution < -0.4 is 0 Å². The van der Waals surface area contributed by atoms with Crippen LogP contribution in [0.3, 0.4) is 0 Å². The van der Waals surface area contributed by atoms with Gasteiger partial charge in [0.25, 0.3) is 5.91 Å². The Morgan fingerprint density at radius 2 is 2.09 bits per heavy atom. The summed E-state index contributed by atoms with van der Waals surface area (Å²) in [5, 5.41) is 0.836. The lowest BCUT2D eigenvalue weighted by molar-refractivity contribution is -0.158. The second-order valence-electron chi connectivity index (χ2n) is 8.76. The van der Waals surface area contributed by atoms with E-state index >= 15 is 0 Å². The SMILES string of the molecule is Cc1cc(C(=O)N2C=C(C(=O)OC(C)C)c3[nH]c4ncccc4c3C3(CCO3)C2)ccc1F. The number of ether oxygens (including phenoxy) is 2. The lowest BCUT2D eigenvalue weighted by atomic mass is 9.83. The fourth-order valence-corrected chi connectivity index (χ4v) is 4.49. The van der Waals surface area contributed by atoms with Gasteiger partial charge in [0.1, 0.15) is 17.1 Å². The molecule has 0 aliphatic carbocycles. The molecular weight excluding hydrogens is 425 g/mol. The molecule has 2 aliphatic rings. The van der Waals surface area contributed by atoms with Crippen molar-refractivity contribution >= 4 is 28.5 Å². The largest absolute Gasteiger partial charge is 0.459 e. The highest BCUT2D eigenvalue weighted by molar-refractivity contribution is 6.18. The Hall–Kier alpha value is -3.52. The number of hydrogen-bond acceptors (Lipinski definition) is 5. The fourth-order valence-electron chi connectivity index (χ4n) is 4.49. The summed E-state index contributed by atoms with van der Waals surface area (Å²) < 4.78 is 25.4. The van der Waals surface area contributed by atoms with E-state index in [1.165, 1.54) is 29.3 Å². The zero-order chi connectivity index (χ0) is 23.3. The Kier molecular flexibility index (Phi) is 5.05. The molecule has 1 fully saturated rings. The molecule has 8 heteroatoms. The Morgan fingerprint density at radius 1 is 1.30 bits per heavy atom.